The molecule has 3 heterocycles. The third kappa shape index (κ3) is 2.63. The van der Waals surface area contributed by atoms with E-state index in [4.69, 9.17) is 11.6 Å². The highest BCUT2D eigenvalue weighted by Gasteiger charge is 2.25. The van der Waals surface area contributed by atoms with Crippen LogP contribution in [0.3, 0.4) is 0 Å². The summed E-state index contributed by atoms with van der Waals surface area (Å²) in [6, 6.07) is 3.09. The van der Waals surface area contributed by atoms with Crippen molar-refractivity contribution in [3.8, 4) is 11.4 Å². The van der Waals surface area contributed by atoms with Crippen LogP contribution in [0.1, 0.15) is 19.8 Å². The van der Waals surface area contributed by atoms with E-state index in [9.17, 15) is 9.18 Å². The maximum absolute atomic E-state index is 13.2. The van der Waals surface area contributed by atoms with Crippen molar-refractivity contribution in [3.05, 3.63) is 39.7 Å². The number of nitrogens with zero attached hydrogens (tertiary/aromatic N) is 3. The number of rotatable bonds is 2. The molecule has 5 nitrogen and oxygen atoms in total. The van der Waals surface area contributed by atoms with Crippen LogP contribution in [0.15, 0.2) is 23.1 Å². The first-order valence-electron chi connectivity index (χ1n) is 6.74. The van der Waals surface area contributed by atoms with E-state index in [0.29, 0.717) is 17.2 Å². The summed E-state index contributed by atoms with van der Waals surface area (Å²) < 4.78 is 13.2. The van der Waals surface area contributed by atoms with Gasteiger partial charge in [-0.25, -0.2) is 9.97 Å². The van der Waals surface area contributed by atoms with E-state index < -0.39 is 11.5 Å². The topological polar surface area (TPSA) is 61.9 Å². The Kier molecular flexibility index (Phi) is 3.63. The molecular weight excluding hydrogens is 295 g/mol. The standard InChI is InChI=1S/C14H14ClFN4O/c1-8-3-2-6-20(8)13-11(15)14(21)19-12(18-13)9-4-5-17-10(16)7-9/h4-5,7-8H,2-3,6H2,1H3,(H,18,19,21)/t8-/m1/s1. The summed E-state index contributed by atoms with van der Waals surface area (Å²) in [5.41, 5.74) is 0.0392. The van der Waals surface area contributed by atoms with Crippen LogP contribution in [0.2, 0.25) is 5.02 Å². The normalized spacial score (nSPS) is 18.2. The Morgan fingerprint density at radius 3 is 3.00 bits per heavy atom. The van der Waals surface area contributed by atoms with Gasteiger partial charge in [-0.15, -0.1) is 0 Å². The van der Waals surface area contributed by atoms with E-state index in [1.54, 1.807) is 6.07 Å². The second kappa shape index (κ2) is 5.44. The van der Waals surface area contributed by atoms with E-state index in [1.165, 1.54) is 12.3 Å². The molecule has 0 unspecified atom stereocenters. The Hall–Kier alpha value is -1.95. The van der Waals surface area contributed by atoms with Gasteiger partial charge >= 0.3 is 0 Å². The molecule has 0 bridgehead atoms. The molecular formula is C14H14ClFN4O. The van der Waals surface area contributed by atoms with Crippen LogP contribution < -0.4 is 10.5 Å². The number of hydrogen-bond acceptors (Lipinski definition) is 4. The first-order chi connectivity index (χ1) is 10.1. The minimum atomic E-state index is -0.624. The number of H-pyrrole nitrogens is 1. The highest BCUT2D eigenvalue weighted by molar-refractivity contribution is 6.32. The maximum atomic E-state index is 13.2. The summed E-state index contributed by atoms with van der Waals surface area (Å²) in [4.78, 5) is 24.5. The lowest BCUT2D eigenvalue weighted by Gasteiger charge is -2.23. The number of anilines is 1. The molecule has 0 aliphatic carbocycles. The van der Waals surface area contributed by atoms with Crippen molar-refractivity contribution < 1.29 is 4.39 Å². The van der Waals surface area contributed by atoms with Gasteiger partial charge in [0.15, 0.2) is 5.82 Å². The number of halogens is 2. The summed E-state index contributed by atoms with van der Waals surface area (Å²) in [7, 11) is 0. The van der Waals surface area contributed by atoms with Crippen molar-refractivity contribution in [3.63, 3.8) is 0 Å². The Labute approximate surface area is 125 Å². The van der Waals surface area contributed by atoms with Crippen LogP contribution in [0.5, 0.6) is 0 Å². The second-order valence-corrected chi connectivity index (χ2v) is 5.48. The van der Waals surface area contributed by atoms with Crippen LogP contribution in [0.4, 0.5) is 10.2 Å². The largest absolute Gasteiger partial charge is 0.352 e. The Bertz CT molecular complexity index is 733. The smallest absolute Gasteiger partial charge is 0.272 e. The van der Waals surface area contributed by atoms with Gasteiger partial charge in [-0.1, -0.05) is 11.6 Å². The zero-order chi connectivity index (χ0) is 15.0. The molecule has 2 aromatic rings. The quantitative estimate of drug-likeness (QED) is 0.866. The fourth-order valence-electron chi connectivity index (χ4n) is 2.57. The van der Waals surface area contributed by atoms with Crippen LogP contribution in [-0.4, -0.2) is 27.5 Å². The van der Waals surface area contributed by atoms with Crippen LogP contribution >= 0.6 is 11.6 Å². The van der Waals surface area contributed by atoms with Crippen LogP contribution in [-0.2, 0) is 0 Å². The van der Waals surface area contributed by atoms with Crippen molar-refractivity contribution in [2.75, 3.05) is 11.4 Å². The molecule has 2 aromatic heterocycles. The third-order valence-corrected chi connectivity index (χ3v) is 4.01. The number of nitrogens with one attached hydrogen (secondary N) is 1. The number of hydrogen-bond donors (Lipinski definition) is 1. The molecule has 1 N–H and O–H groups in total. The highest BCUT2D eigenvalue weighted by Crippen LogP contribution is 2.29. The van der Waals surface area contributed by atoms with Gasteiger partial charge in [0.05, 0.1) is 0 Å². The monoisotopic (exact) mass is 308 g/mol. The average Bonchev–Trinajstić information content (AvgIpc) is 2.88. The summed E-state index contributed by atoms with van der Waals surface area (Å²) in [6.45, 7) is 2.87. The summed E-state index contributed by atoms with van der Waals surface area (Å²) in [5.74, 6) is 0.124. The zero-order valence-corrected chi connectivity index (χ0v) is 12.2. The summed E-state index contributed by atoms with van der Waals surface area (Å²) in [5, 5.41) is 0.0713. The molecule has 3 rings (SSSR count). The van der Waals surface area contributed by atoms with Crippen molar-refractivity contribution in [1.29, 1.82) is 0 Å². The minimum absolute atomic E-state index is 0.0713. The molecule has 0 saturated carbocycles. The van der Waals surface area contributed by atoms with Gasteiger partial charge in [-0.2, -0.15) is 4.39 Å². The van der Waals surface area contributed by atoms with E-state index >= 15 is 0 Å². The van der Waals surface area contributed by atoms with Crippen molar-refractivity contribution in [1.82, 2.24) is 15.0 Å². The maximum Gasteiger partial charge on any atom is 0.272 e. The SMILES string of the molecule is C[C@@H]1CCCN1c1nc(-c2ccnc(F)c2)[nH]c(=O)c1Cl. The van der Waals surface area contributed by atoms with Gasteiger partial charge in [0.1, 0.15) is 10.8 Å². The Morgan fingerprint density at radius 2 is 2.33 bits per heavy atom. The predicted octanol–water partition coefficient (Wildman–Crippen LogP) is 2.61. The lowest BCUT2D eigenvalue weighted by Crippen LogP contribution is -2.29. The first-order valence-corrected chi connectivity index (χ1v) is 7.12. The lowest BCUT2D eigenvalue weighted by atomic mass is 10.2. The molecule has 0 amide bonds. The Morgan fingerprint density at radius 1 is 1.52 bits per heavy atom. The van der Waals surface area contributed by atoms with Gasteiger partial charge in [0.2, 0.25) is 5.95 Å². The zero-order valence-electron chi connectivity index (χ0n) is 11.4. The van der Waals surface area contributed by atoms with Crippen molar-refractivity contribution >= 4 is 17.4 Å². The molecule has 1 saturated heterocycles. The lowest BCUT2D eigenvalue weighted by molar-refractivity contribution is 0.584. The molecule has 1 aliphatic rings. The van der Waals surface area contributed by atoms with Crippen molar-refractivity contribution in [2.45, 2.75) is 25.8 Å². The molecule has 7 heteroatoms. The van der Waals surface area contributed by atoms with Gasteiger partial charge in [-0.05, 0) is 25.8 Å². The van der Waals surface area contributed by atoms with E-state index in [2.05, 4.69) is 21.9 Å². The van der Waals surface area contributed by atoms with E-state index in [-0.39, 0.29) is 11.1 Å². The molecule has 21 heavy (non-hydrogen) atoms. The molecule has 1 aliphatic heterocycles. The minimum Gasteiger partial charge on any atom is -0.352 e. The molecule has 110 valence electrons. The number of aromatic nitrogens is 3. The number of pyridine rings is 1. The van der Waals surface area contributed by atoms with E-state index in [1.807, 2.05) is 4.90 Å². The average molecular weight is 309 g/mol. The van der Waals surface area contributed by atoms with Gasteiger partial charge in [0.25, 0.3) is 5.56 Å². The fraction of sp³-hybridized carbons (Fsp3) is 0.357. The summed E-state index contributed by atoms with van der Waals surface area (Å²) >= 11 is 6.09. The van der Waals surface area contributed by atoms with E-state index in [0.717, 1.165) is 19.4 Å². The fourth-order valence-corrected chi connectivity index (χ4v) is 2.77. The summed E-state index contributed by atoms with van der Waals surface area (Å²) in [6.07, 6.45) is 3.40. The van der Waals surface area contributed by atoms with Crippen LogP contribution in [0.25, 0.3) is 11.4 Å². The molecule has 1 atom stereocenters. The molecule has 0 aromatic carbocycles. The third-order valence-electron chi connectivity index (χ3n) is 3.67. The molecule has 1 fully saturated rings. The molecule has 0 spiro atoms. The van der Waals surface area contributed by atoms with Gasteiger partial charge < -0.3 is 9.88 Å². The number of aromatic amines is 1. The predicted molar refractivity (Wildman–Crippen MR) is 79.1 cm³/mol. The highest BCUT2D eigenvalue weighted by atomic mass is 35.5. The van der Waals surface area contributed by atoms with Crippen molar-refractivity contribution in [2.24, 2.45) is 0 Å². The van der Waals surface area contributed by atoms with Crippen LogP contribution in [0, 0.1) is 5.95 Å². The van der Waals surface area contributed by atoms with Gasteiger partial charge in [-0.3, -0.25) is 4.79 Å². The second-order valence-electron chi connectivity index (χ2n) is 5.10. The Balaban J connectivity index is 2.12. The van der Waals surface area contributed by atoms with Gasteiger partial charge in [0, 0.05) is 30.4 Å². The molecule has 0 radical (unpaired) electrons. The first kappa shape index (κ1) is 14.0.